The van der Waals surface area contributed by atoms with Gasteiger partial charge in [-0.15, -0.1) is 5.10 Å². The maximum Gasteiger partial charge on any atom is 0.417 e. The number of rotatable bonds is 9. The first-order valence-electron chi connectivity index (χ1n) is 11.3. The fourth-order valence-corrected chi connectivity index (χ4v) is 5.91. The van der Waals surface area contributed by atoms with Crippen molar-refractivity contribution in [1.82, 2.24) is 20.2 Å². The molecule has 7 nitrogen and oxygen atoms in total. The van der Waals surface area contributed by atoms with Gasteiger partial charge in [-0.1, -0.05) is 18.2 Å². The topological polar surface area (TPSA) is 93.3 Å². The molecule has 1 aromatic heterocycles. The van der Waals surface area contributed by atoms with Crippen LogP contribution in [0, 0.1) is 17.0 Å². The average Bonchev–Trinajstić information content (AvgIpc) is 3.26. The van der Waals surface area contributed by atoms with Crippen molar-refractivity contribution in [2.24, 2.45) is 5.41 Å². The number of aliphatic hydroxyl groups excluding tert-OH is 1. The molecule has 3 aliphatic rings. The molecule has 2 atom stereocenters. The molecule has 192 valence electrons. The Morgan fingerprint density at radius 2 is 1.75 bits per heavy atom. The molecule has 2 N–H and O–H groups in total. The molecule has 0 unspecified atom stereocenters. The van der Waals surface area contributed by atoms with Gasteiger partial charge in [0.05, 0.1) is 6.54 Å². The van der Waals surface area contributed by atoms with Crippen molar-refractivity contribution in [2.75, 3.05) is 6.61 Å². The van der Waals surface area contributed by atoms with Gasteiger partial charge in [-0.25, -0.2) is 13.5 Å². The zero-order valence-corrected chi connectivity index (χ0v) is 18.9. The molecule has 3 aromatic rings. The molecule has 2 bridgehead atoms. The van der Waals surface area contributed by atoms with Crippen LogP contribution in [0.25, 0.3) is 0 Å². The molecule has 1 heterocycles. The predicted molar refractivity (Wildman–Crippen MR) is 115 cm³/mol. The van der Waals surface area contributed by atoms with Gasteiger partial charge >= 0.3 is 6.18 Å². The first kappa shape index (κ1) is 24.6. The van der Waals surface area contributed by atoms with E-state index >= 15 is 0 Å². The number of aromatic nitrogens is 4. The van der Waals surface area contributed by atoms with E-state index in [1.165, 1.54) is 17.1 Å². The molecular formula is C24H23F5N4O3. The van der Waals surface area contributed by atoms with Crippen molar-refractivity contribution in [1.29, 1.82) is 0 Å². The fraction of sp³-hybridized carbons (Fsp3) is 0.458. The van der Waals surface area contributed by atoms with Gasteiger partial charge in [0, 0.05) is 11.6 Å². The van der Waals surface area contributed by atoms with E-state index < -0.39 is 36.1 Å². The molecular weight excluding hydrogens is 487 g/mol. The molecule has 0 amide bonds. The molecule has 36 heavy (non-hydrogen) atoms. The van der Waals surface area contributed by atoms with Gasteiger partial charge in [0.1, 0.15) is 35.9 Å². The van der Waals surface area contributed by atoms with E-state index in [9.17, 15) is 27.1 Å². The lowest BCUT2D eigenvalue weighted by Gasteiger charge is -2.72. The molecule has 0 saturated heterocycles. The first-order chi connectivity index (χ1) is 16.9. The summed E-state index contributed by atoms with van der Waals surface area (Å²) in [5, 5.41) is 31.6. The van der Waals surface area contributed by atoms with Crippen LogP contribution in [-0.4, -0.2) is 49.3 Å². The van der Waals surface area contributed by atoms with Gasteiger partial charge in [0.15, 0.2) is 6.10 Å². The highest BCUT2D eigenvalue weighted by atomic mass is 19.4. The molecule has 3 aliphatic carbocycles. The van der Waals surface area contributed by atoms with Crippen LogP contribution in [0.15, 0.2) is 48.8 Å². The number of tetrazole rings is 1. The SMILES string of the molecule is O[C@H](COc1ccc(C23CC(C[C@](O)(Cn4cnnn4)c4ccc(F)cc4F)(C2)C3)cc1)C(F)(F)F. The van der Waals surface area contributed by atoms with Crippen molar-refractivity contribution >= 4 is 0 Å². The summed E-state index contributed by atoms with van der Waals surface area (Å²) in [6.45, 7) is -0.996. The summed E-state index contributed by atoms with van der Waals surface area (Å²) in [4.78, 5) is 0. The van der Waals surface area contributed by atoms with E-state index in [1.807, 2.05) is 0 Å². The number of halogens is 5. The summed E-state index contributed by atoms with van der Waals surface area (Å²) in [7, 11) is 0. The Morgan fingerprint density at radius 3 is 2.33 bits per heavy atom. The largest absolute Gasteiger partial charge is 0.491 e. The summed E-state index contributed by atoms with van der Waals surface area (Å²) >= 11 is 0. The summed E-state index contributed by atoms with van der Waals surface area (Å²) in [5.74, 6) is -1.38. The highest BCUT2D eigenvalue weighted by molar-refractivity contribution is 5.42. The van der Waals surface area contributed by atoms with Gasteiger partial charge in [-0.05, 0) is 70.7 Å². The summed E-state index contributed by atoms with van der Waals surface area (Å²) in [5.41, 5.74) is -1.10. The quantitative estimate of drug-likeness (QED) is 0.427. The number of ether oxygens (including phenoxy) is 1. The van der Waals surface area contributed by atoms with Crippen molar-refractivity contribution < 1.29 is 36.9 Å². The summed E-state index contributed by atoms with van der Waals surface area (Å²) < 4.78 is 71.9. The van der Waals surface area contributed by atoms with E-state index in [4.69, 9.17) is 9.84 Å². The fourth-order valence-electron chi connectivity index (χ4n) is 5.91. The Morgan fingerprint density at radius 1 is 1.06 bits per heavy atom. The second kappa shape index (κ2) is 8.48. The normalized spacial score (nSPS) is 25.4. The van der Waals surface area contributed by atoms with Gasteiger partial charge in [-0.2, -0.15) is 13.2 Å². The van der Waals surface area contributed by atoms with Gasteiger partial charge < -0.3 is 14.9 Å². The number of nitrogens with zero attached hydrogens (tertiary/aromatic N) is 4. The molecule has 12 heteroatoms. The second-order valence-corrected chi connectivity index (χ2v) is 10.0. The van der Waals surface area contributed by atoms with E-state index in [0.717, 1.165) is 37.0 Å². The van der Waals surface area contributed by atoms with Crippen molar-refractivity contribution in [3.8, 4) is 5.75 Å². The highest BCUT2D eigenvalue weighted by Crippen LogP contribution is 2.76. The standard InChI is InChI=1S/C24H23F5N4O3/c25-16-3-6-18(19(26)7-16)23(35,13-33-14-30-31-32-33)12-21-9-22(10-21,11-21)15-1-4-17(5-2-15)36-8-20(34)24(27,28)29/h1-7,14,20,34-35H,8-13H2/t20-,21?,22?,23+/m1/s1. The van der Waals surface area contributed by atoms with E-state index in [1.54, 1.807) is 24.3 Å². The molecule has 3 saturated carbocycles. The second-order valence-electron chi connectivity index (χ2n) is 10.0. The van der Waals surface area contributed by atoms with E-state index in [2.05, 4.69) is 15.5 Å². The molecule has 3 fully saturated rings. The lowest BCUT2D eigenvalue weighted by molar-refractivity contribution is -0.210. The summed E-state index contributed by atoms with van der Waals surface area (Å²) in [6.07, 6.45) is -3.58. The zero-order chi connectivity index (χ0) is 25.8. The van der Waals surface area contributed by atoms with Crippen molar-refractivity contribution in [2.45, 2.75) is 55.5 Å². The van der Waals surface area contributed by atoms with Crippen molar-refractivity contribution in [3.63, 3.8) is 0 Å². The van der Waals surface area contributed by atoms with Crippen LogP contribution in [0.4, 0.5) is 22.0 Å². The Hall–Kier alpha value is -3.12. The highest BCUT2D eigenvalue weighted by Gasteiger charge is 2.69. The molecule has 0 radical (unpaired) electrons. The van der Waals surface area contributed by atoms with Crippen LogP contribution in [-0.2, 0) is 17.6 Å². The Balaban J connectivity index is 1.27. The number of alkyl halides is 3. The lowest BCUT2D eigenvalue weighted by Crippen LogP contribution is -2.66. The first-order valence-corrected chi connectivity index (χ1v) is 11.3. The predicted octanol–water partition coefficient (Wildman–Crippen LogP) is 3.65. The van der Waals surface area contributed by atoms with Crippen LogP contribution in [0.1, 0.15) is 36.8 Å². The third-order valence-electron chi connectivity index (χ3n) is 7.31. The minimum Gasteiger partial charge on any atom is -0.491 e. The number of hydrogen-bond acceptors (Lipinski definition) is 6. The van der Waals surface area contributed by atoms with Crippen LogP contribution >= 0.6 is 0 Å². The molecule has 6 rings (SSSR count). The maximum absolute atomic E-state index is 14.7. The minimum absolute atomic E-state index is 0.0271. The Bertz CT molecular complexity index is 1220. The van der Waals surface area contributed by atoms with Crippen molar-refractivity contribution in [3.05, 3.63) is 71.6 Å². The van der Waals surface area contributed by atoms with Crippen LogP contribution in [0.2, 0.25) is 0 Å². The minimum atomic E-state index is -4.75. The maximum atomic E-state index is 14.7. The number of aliphatic hydroxyl groups is 2. The zero-order valence-electron chi connectivity index (χ0n) is 18.9. The van der Waals surface area contributed by atoms with Gasteiger partial charge in [0.2, 0.25) is 0 Å². The summed E-state index contributed by atoms with van der Waals surface area (Å²) in [6, 6.07) is 9.77. The lowest BCUT2D eigenvalue weighted by atomic mass is 9.32. The monoisotopic (exact) mass is 510 g/mol. The number of hydrogen-bond donors (Lipinski definition) is 2. The molecule has 0 aliphatic heterocycles. The third-order valence-corrected chi connectivity index (χ3v) is 7.31. The van der Waals surface area contributed by atoms with Crippen LogP contribution < -0.4 is 4.74 Å². The van der Waals surface area contributed by atoms with Crippen LogP contribution in [0.3, 0.4) is 0 Å². The molecule has 0 spiro atoms. The van der Waals surface area contributed by atoms with E-state index in [-0.39, 0.29) is 35.1 Å². The Kier molecular flexibility index (Phi) is 5.79. The smallest absolute Gasteiger partial charge is 0.417 e. The van der Waals surface area contributed by atoms with Gasteiger partial charge in [0.25, 0.3) is 0 Å². The van der Waals surface area contributed by atoms with Crippen LogP contribution in [0.5, 0.6) is 5.75 Å². The average molecular weight is 510 g/mol. The van der Waals surface area contributed by atoms with Gasteiger partial charge in [-0.3, -0.25) is 0 Å². The third kappa shape index (κ3) is 4.43. The molecule has 2 aromatic carbocycles. The Labute approximate surface area is 202 Å². The van der Waals surface area contributed by atoms with E-state index in [0.29, 0.717) is 0 Å². The number of benzene rings is 2.